The van der Waals surface area contributed by atoms with Crippen molar-refractivity contribution in [1.82, 2.24) is 4.57 Å². The van der Waals surface area contributed by atoms with E-state index in [2.05, 4.69) is 16.9 Å². The first-order chi connectivity index (χ1) is 11.0. The Labute approximate surface area is 132 Å². The van der Waals surface area contributed by atoms with Crippen LogP contribution in [0, 0.1) is 27.9 Å². The molecule has 0 N–H and O–H groups in total. The fraction of sp³-hybridized carbons (Fsp3) is 0.500. The van der Waals surface area contributed by atoms with Crippen LogP contribution in [0.3, 0.4) is 0 Å². The molecule has 0 radical (unpaired) electrons. The minimum absolute atomic E-state index is 0.0234. The summed E-state index contributed by atoms with van der Waals surface area (Å²) in [5.41, 5.74) is -1.24. The first-order valence-electron chi connectivity index (χ1n) is 7.65. The molecule has 0 spiro atoms. The minimum Gasteiger partial charge on any atom is -0.465 e. The van der Waals surface area contributed by atoms with Crippen molar-refractivity contribution in [2.45, 2.75) is 25.8 Å². The third kappa shape index (κ3) is 2.91. The van der Waals surface area contributed by atoms with Crippen molar-refractivity contribution in [3.63, 3.8) is 0 Å². The smallest absolute Gasteiger partial charge is 0.339 e. The summed E-state index contributed by atoms with van der Waals surface area (Å²) >= 11 is 0. The molecular formula is C16H18N2O5. The number of fused-ring (bicyclic) bond motifs is 2. The lowest BCUT2D eigenvalue weighted by Gasteiger charge is -2.38. The molecule has 7 nitrogen and oxygen atoms in total. The molecule has 1 aromatic rings. The molecule has 3 aliphatic carbocycles. The van der Waals surface area contributed by atoms with E-state index in [1.807, 2.05) is 0 Å². The Kier molecular flexibility index (Phi) is 4.02. The molecule has 4 rings (SSSR count). The van der Waals surface area contributed by atoms with E-state index in [0.717, 1.165) is 25.3 Å². The van der Waals surface area contributed by atoms with Crippen LogP contribution in [0.25, 0.3) is 0 Å². The quantitative estimate of drug-likeness (QED) is 0.367. The first-order valence-corrected chi connectivity index (χ1v) is 7.65. The van der Waals surface area contributed by atoms with Gasteiger partial charge < -0.3 is 9.30 Å². The van der Waals surface area contributed by atoms with Crippen LogP contribution in [0.1, 0.15) is 29.6 Å². The van der Waals surface area contributed by atoms with Crippen molar-refractivity contribution in [2.24, 2.45) is 17.8 Å². The standard InChI is InChI=1S/C16H18N2O5/c1-23-16(20)13-7-14(18(21)22)15(19)17(9-13)8-12-6-10-2-4-11(12)5-3-10/h2,4,7,9-12H,3,5-6,8H2,1H3/t10-,11+,12+/m1/s1. The normalized spacial score (nSPS) is 25.3. The van der Waals surface area contributed by atoms with E-state index in [1.54, 1.807) is 0 Å². The Hall–Kier alpha value is -2.44. The summed E-state index contributed by atoms with van der Waals surface area (Å²) in [6.07, 6.45) is 9.00. The molecule has 0 unspecified atom stereocenters. The van der Waals surface area contributed by atoms with Gasteiger partial charge in [0.05, 0.1) is 17.6 Å². The number of allylic oxidation sites excluding steroid dienone is 2. The van der Waals surface area contributed by atoms with Gasteiger partial charge in [-0.15, -0.1) is 0 Å². The number of carbonyl (C=O) groups is 1. The van der Waals surface area contributed by atoms with Crippen LogP contribution >= 0.6 is 0 Å². The van der Waals surface area contributed by atoms with E-state index in [0.29, 0.717) is 18.4 Å². The maximum atomic E-state index is 12.3. The Morgan fingerprint density at radius 1 is 1.43 bits per heavy atom. The predicted molar refractivity (Wildman–Crippen MR) is 82.2 cm³/mol. The van der Waals surface area contributed by atoms with Gasteiger partial charge in [-0.1, -0.05) is 12.2 Å². The maximum Gasteiger partial charge on any atom is 0.339 e. The number of nitro groups is 1. The first kappa shape index (κ1) is 15.5. The second-order valence-corrected chi connectivity index (χ2v) is 6.20. The van der Waals surface area contributed by atoms with Gasteiger partial charge in [0.1, 0.15) is 0 Å². The molecule has 0 aromatic carbocycles. The summed E-state index contributed by atoms with van der Waals surface area (Å²) in [6, 6.07) is 0.984. The number of pyridine rings is 1. The average Bonchev–Trinajstić information content (AvgIpc) is 2.56. The number of carbonyl (C=O) groups excluding carboxylic acids is 1. The van der Waals surface area contributed by atoms with Crippen LogP contribution in [0.15, 0.2) is 29.2 Å². The van der Waals surface area contributed by atoms with Gasteiger partial charge in [-0.2, -0.15) is 0 Å². The molecule has 1 fully saturated rings. The summed E-state index contributed by atoms with van der Waals surface area (Å²) in [4.78, 5) is 34.3. The van der Waals surface area contributed by atoms with Crippen LogP contribution in [0.2, 0.25) is 0 Å². The SMILES string of the molecule is COC(=O)c1cc([N+](=O)[O-])c(=O)n(C[C@@H]2C[C@@H]3C=C[C@H]2CC3)c1. The van der Waals surface area contributed by atoms with Crippen LogP contribution in [0.4, 0.5) is 5.69 Å². The number of nitrogens with zero attached hydrogens (tertiary/aromatic N) is 2. The van der Waals surface area contributed by atoms with E-state index in [4.69, 9.17) is 0 Å². The number of hydrogen-bond donors (Lipinski definition) is 0. The second-order valence-electron chi connectivity index (χ2n) is 6.20. The number of methoxy groups -OCH3 is 1. The van der Waals surface area contributed by atoms with Crippen LogP contribution in [-0.2, 0) is 11.3 Å². The summed E-state index contributed by atoms with van der Waals surface area (Å²) in [5.74, 6) is 0.503. The highest BCUT2D eigenvalue weighted by molar-refractivity contribution is 5.89. The highest BCUT2D eigenvalue weighted by Gasteiger charge is 2.32. The predicted octanol–water partition coefficient (Wildman–Crippen LogP) is 2.15. The summed E-state index contributed by atoms with van der Waals surface area (Å²) in [7, 11) is 1.20. The molecule has 3 atom stereocenters. The van der Waals surface area contributed by atoms with E-state index in [-0.39, 0.29) is 11.5 Å². The molecule has 2 bridgehead atoms. The highest BCUT2D eigenvalue weighted by Crippen LogP contribution is 2.40. The third-order valence-electron chi connectivity index (χ3n) is 4.83. The van der Waals surface area contributed by atoms with Crippen molar-refractivity contribution < 1.29 is 14.5 Å². The molecule has 3 aliphatic rings. The van der Waals surface area contributed by atoms with Crippen LogP contribution < -0.4 is 5.56 Å². The number of esters is 1. The fourth-order valence-electron chi connectivity index (χ4n) is 3.63. The molecule has 1 heterocycles. The Morgan fingerprint density at radius 2 is 2.22 bits per heavy atom. The summed E-state index contributed by atoms with van der Waals surface area (Å²) in [6.45, 7) is 0.385. The molecular weight excluding hydrogens is 300 g/mol. The average molecular weight is 318 g/mol. The lowest BCUT2D eigenvalue weighted by atomic mass is 9.69. The lowest BCUT2D eigenvalue weighted by molar-refractivity contribution is -0.386. The van der Waals surface area contributed by atoms with E-state index in [1.165, 1.54) is 17.9 Å². The molecule has 1 aromatic heterocycles. The van der Waals surface area contributed by atoms with E-state index in [9.17, 15) is 19.7 Å². The van der Waals surface area contributed by atoms with Crippen LogP contribution in [-0.4, -0.2) is 22.6 Å². The van der Waals surface area contributed by atoms with E-state index >= 15 is 0 Å². The summed E-state index contributed by atoms with van der Waals surface area (Å²) < 4.78 is 5.91. The number of hydrogen-bond acceptors (Lipinski definition) is 5. The number of rotatable bonds is 4. The van der Waals surface area contributed by atoms with Crippen molar-refractivity contribution >= 4 is 11.7 Å². The van der Waals surface area contributed by atoms with Crippen molar-refractivity contribution in [1.29, 1.82) is 0 Å². The molecule has 0 aliphatic heterocycles. The Balaban J connectivity index is 1.96. The van der Waals surface area contributed by atoms with E-state index < -0.39 is 22.1 Å². The van der Waals surface area contributed by atoms with Gasteiger partial charge in [0.2, 0.25) is 0 Å². The second kappa shape index (κ2) is 5.98. The minimum atomic E-state index is -0.752. The topological polar surface area (TPSA) is 91.4 Å². The fourth-order valence-corrected chi connectivity index (χ4v) is 3.63. The molecule has 1 saturated carbocycles. The van der Waals surface area contributed by atoms with Crippen molar-refractivity contribution in [3.05, 3.63) is 50.4 Å². The molecule has 23 heavy (non-hydrogen) atoms. The maximum absolute atomic E-state index is 12.3. The molecule has 122 valence electrons. The van der Waals surface area contributed by atoms with Gasteiger partial charge in [0.25, 0.3) is 0 Å². The zero-order valence-electron chi connectivity index (χ0n) is 12.8. The van der Waals surface area contributed by atoms with Gasteiger partial charge in [-0.25, -0.2) is 4.79 Å². The Morgan fingerprint density at radius 3 is 2.74 bits per heavy atom. The van der Waals surface area contributed by atoms with Gasteiger partial charge in [0, 0.05) is 18.8 Å². The van der Waals surface area contributed by atoms with Gasteiger partial charge in [-0.3, -0.25) is 14.9 Å². The van der Waals surface area contributed by atoms with Gasteiger partial charge in [-0.05, 0) is 37.0 Å². The monoisotopic (exact) mass is 318 g/mol. The largest absolute Gasteiger partial charge is 0.465 e. The molecule has 0 amide bonds. The number of aromatic nitrogens is 1. The number of ether oxygens (including phenoxy) is 1. The van der Waals surface area contributed by atoms with Crippen molar-refractivity contribution in [3.8, 4) is 0 Å². The third-order valence-corrected chi connectivity index (χ3v) is 4.83. The molecule has 7 heteroatoms. The van der Waals surface area contributed by atoms with Gasteiger partial charge in [0.15, 0.2) is 0 Å². The zero-order valence-corrected chi connectivity index (χ0v) is 12.8. The summed E-state index contributed by atoms with van der Waals surface area (Å²) in [5, 5.41) is 11.1. The van der Waals surface area contributed by atoms with Crippen molar-refractivity contribution in [2.75, 3.05) is 7.11 Å². The zero-order chi connectivity index (χ0) is 16.6. The Bertz CT molecular complexity index is 736. The lowest BCUT2D eigenvalue weighted by Crippen LogP contribution is -2.34. The van der Waals surface area contributed by atoms with Gasteiger partial charge >= 0.3 is 17.2 Å². The highest BCUT2D eigenvalue weighted by atomic mass is 16.6. The molecule has 0 saturated heterocycles. The van der Waals surface area contributed by atoms with Crippen LogP contribution in [0.5, 0.6) is 0 Å².